The zero-order valence-corrected chi connectivity index (χ0v) is 30.4. The van der Waals surface area contributed by atoms with Crippen molar-refractivity contribution in [3.05, 3.63) is 212 Å². The summed E-state index contributed by atoms with van der Waals surface area (Å²) in [4.78, 5) is 2.36. The minimum absolute atomic E-state index is 1.11. The van der Waals surface area contributed by atoms with E-state index in [1.54, 1.807) is 0 Å². The molecular formula is C52H35NS. The van der Waals surface area contributed by atoms with Gasteiger partial charge in [-0.3, -0.25) is 0 Å². The number of thiophene rings is 1. The van der Waals surface area contributed by atoms with Gasteiger partial charge in [0, 0.05) is 37.2 Å². The smallest absolute Gasteiger partial charge is 0.0462 e. The van der Waals surface area contributed by atoms with Gasteiger partial charge in [-0.05, 0) is 116 Å². The largest absolute Gasteiger partial charge is 0.311 e. The molecule has 0 aliphatic heterocycles. The molecule has 10 aromatic rings. The summed E-state index contributed by atoms with van der Waals surface area (Å²) in [6, 6.07) is 77.1. The molecule has 0 amide bonds. The van der Waals surface area contributed by atoms with Crippen molar-refractivity contribution in [1.29, 1.82) is 0 Å². The first-order chi connectivity index (χ1) is 26.7. The predicted octanol–water partition coefficient (Wildman–Crippen LogP) is 15.3. The lowest BCUT2D eigenvalue weighted by atomic mass is 9.98. The summed E-state index contributed by atoms with van der Waals surface area (Å²) < 4.78 is 2.64. The Balaban J connectivity index is 1.03. The Hall–Kier alpha value is -6.74. The van der Waals surface area contributed by atoms with Crippen molar-refractivity contribution in [3.63, 3.8) is 0 Å². The molecule has 0 radical (unpaired) electrons. The van der Waals surface area contributed by atoms with E-state index in [9.17, 15) is 0 Å². The third kappa shape index (κ3) is 5.93. The van der Waals surface area contributed by atoms with Crippen molar-refractivity contribution in [2.24, 2.45) is 0 Å². The molecule has 254 valence electrons. The van der Waals surface area contributed by atoms with Gasteiger partial charge in [0.25, 0.3) is 0 Å². The number of hydrogen-bond acceptors (Lipinski definition) is 2. The van der Waals surface area contributed by atoms with E-state index in [2.05, 4.69) is 217 Å². The van der Waals surface area contributed by atoms with E-state index < -0.39 is 0 Å². The van der Waals surface area contributed by atoms with Gasteiger partial charge >= 0.3 is 0 Å². The van der Waals surface area contributed by atoms with Crippen LogP contribution >= 0.6 is 11.3 Å². The molecule has 0 unspecified atom stereocenters. The minimum Gasteiger partial charge on any atom is -0.311 e. The molecule has 0 atom stereocenters. The fraction of sp³-hybridized carbons (Fsp3) is 0. The molecule has 0 saturated carbocycles. The highest BCUT2D eigenvalue weighted by Gasteiger charge is 2.16. The molecule has 0 aliphatic rings. The molecule has 0 aliphatic carbocycles. The van der Waals surface area contributed by atoms with Crippen molar-refractivity contribution in [2.45, 2.75) is 0 Å². The van der Waals surface area contributed by atoms with Crippen molar-refractivity contribution in [1.82, 2.24) is 0 Å². The molecule has 0 bridgehead atoms. The Bertz CT molecular complexity index is 2900. The van der Waals surface area contributed by atoms with E-state index in [0.717, 1.165) is 17.1 Å². The van der Waals surface area contributed by atoms with Crippen LogP contribution in [0.1, 0.15) is 0 Å². The number of hydrogen-bond donors (Lipinski definition) is 0. The van der Waals surface area contributed by atoms with Gasteiger partial charge in [-0.25, -0.2) is 0 Å². The SMILES string of the molecule is c1ccc(-c2cccc(-c3ccc(N(c4ccc(-c5ccc6ccccc6c5)cc4)c4ccc(-c5cccc6sc7ccccc7c56)cc4)cc3)c2)cc1. The molecule has 54 heavy (non-hydrogen) atoms. The van der Waals surface area contributed by atoms with E-state index >= 15 is 0 Å². The quantitative estimate of drug-likeness (QED) is 0.160. The zero-order chi connectivity index (χ0) is 35.8. The van der Waals surface area contributed by atoms with Crippen molar-refractivity contribution in [3.8, 4) is 44.5 Å². The summed E-state index contributed by atoms with van der Waals surface area (Å²) in [5.41, 5.74) is 13.1. The molecule has 2 heteroatoms. The second-order valence-electron chi connectivity index (χ2n) is 13.8. The summed E-state index contributed by atoms with van der Waals surface area (Å²) in [5.74, 6) is 0. The number of anilines is 3. The summed E-state index contributed by atoms with van der Waals surface area (Å²) in [7, 11) is 0. The van der Waals surface area contributed by atoms with E-state index in [1.165, 1.54) is 75.5 Å². The monoisotopic (exact) mass is 705 g/mol. The van der Waals surface area contributed by atoms with Crippen LogP contribution in [-0.2, 0) is 0 Å². The first kappa shape index (κ1) is 32.0. The second kappa shape index (κ2) is 13.7. The van der Waals surface area contributed by atoms with Crippen LogP contribution in [0.3, 0.4) is 0 Å². The third-order valence-corrected chi connectivity index (χ3v) is 11.6. The molecular weight excluding hydrogens is 671 g/mol. The van der Waals surface area contributed by atoms with Crippen LogP contribution in [0.15, 0.2) is 212 Å². The van der Waals surface area contributed by atoms with Gasteiger partial charge in [0.1, 0.15) is 0 Å². The van der Waals surface area contributed by atoms with Gasteiger partial charge in [-0.15, -0.1) is 11.3 Å². The van der Waals surface area contributed by atoms with Crippen molar-refractivity contribution in [2.75, 3.05) is 4.90 Å². The highest BCUT2D eigenvalue weighted by atomic mass is 32.1. The van der Waals surface area contributed by atoms with Gasteiger partial charge in [-0.1, -0.05) is 152 Å². The average molecular weight is 706 g/mol. The van der Waals surface area contributed by atoms with Gasteiger partial charge < -0.3 is 4.90 Å². The van der Waals surface area contributed by atoms with E-state index in [0.29, 0.717) is 0 Å². The number of rotatable bonds is 7. The van der Waals surface area contributed by atoms with Crippen LogP contribution < -0.4 is 4.90 Å². The molecule has 1 nitrogen and oxygen atoms in total. The molecule has 1 aromatic heterocycles. The topological polar surface area (TPSA) is 3.24 Å². The van der Waals surface area contributed by atoms with Gasteiger partial charge in [-0.2, -0.15) is 0 Å². The molecule has 1 heterocycles. The molecule has 0 N–H and O–H groups in total. The lowest BCUT2D eigenvalue weighted by Crippen LogP contribution is -2.09. The van der Waals surface area contributed by atoms with E-state index in [1.807, 2.05) is 11.3 Å². The summed E-state index contributed by atoms with van der Waals surface area (Å²) in [5, 5.41) is 5.16. The summed E-state index contributed by atoms with van der Waals surface area (Å²) in [6.45, 7) is 0. The van der Waals surface area contributed by atoms with E-state index in [-0.39, 0.29) is 0 Å². The Morgan fingerprint density at radius 3 is 1.46 bits per heavy atom. The Morgan fingerprint density at radius 1 is 0.296 bits per heavy atom. The lowest BCUT2D eigenvalue weighted by Gasteiger charge is -2.26. The normalized spacial score (nSPS) is 11.3. The first-order valence-electron chi connectivity index (χ1n) is 18.4. The maximum absolute atomic E-state index is 2.36. The standard InChI is InChI=1S/C52H35NS/c1-2-10-36(11-3-1)42-14-8-15-43(34-42)38-22-28-45(29-23-38)53(46-30-24-39(25-31-46)44-21-20-37-12-4-5-13-41(37)35-44)47-32-26-40(27-33-47)48-17-9-19-51-52(48)49-16-6-7-18-50(49)54-51/h1-35H. The molecule has 10 rings (SSSR count). The van der Waals surface area contributed by atoms with Crippen molar-refractivity contribution < 1.29 is 0 Å². The van der Waals surface area contributed by atoms with Crippen molar-refractivity contribution >= 4 is 59.3 Å². The van der Waals surface area contributed by atoms with Crippen LogP contribution in [0.2, 0.25) is 0 Å². The predicted molar refractivity (Wildman–Crippen MR) is 233 cm³/mol. The summed E-state index contributed by atoms with van der Waals surface area (Å²) in [6.07, 6.45) is 0. The van der Waals surface area contributed by atoms with Gasteiger partial charge in [0.15, 0.2) is 0 Å². The number of benzene rings is 9. The van der Waals surface area contributed by atoms with Crippen LogP contribution in [0.4, 0.5) is 17.1 Å². The zero-order valence-electron chi connectivity index (χ0n) is 29.6. The lowest BCUT2D eigenvalue weighted by molar-refractivity contribution is 1.28. The Kier molecular flexibility index (Phi) is 8.09. The second-order valence-corrected chi connectivity index (χ2v) is 14.8. The maximum atomic E-state index is 2.36. The molecule has 0 fully saturated rings. The van der Waals surface area contributed by atoms with Crippen LogP contribution in [-0.4, -0.2) is 0 Å². The molecule has 9 aromatic carbocycles. The fourth-order valence-electron chi connectivity index (χ4n) is 7.74. The maximum Gasteiger partial charge on any atom is 0.0462 e. The van der Waals surface area contributed by atoms with Crippen LogP contribution in [0.25, 0.3) is 75.5 Å². The highest BCUT2D eigenvalue weighted by molar-refractivity contribution is 7.25. The Morgan fingerprint density at radius 2 is 0.778 bits per heavy atom. The number of nitrogens with zero attached hydrogens (tertiary/aromatic N) is 1. The highest BCUT2D eigenvalue weighted by Crippen LogP contribution is 2.42. The molecule has 0 spiro atoms. The average Bonchev–Trinajstić information content (AvgIpc) is 3.64. The number of fused-ring (bicyclic) bond motifs is 4. The summed E-state index contributed by atoms with van der Waals surface area (Å²) >= 11 is 1.86. The van der Waals surface area contributed by atoms with Gasteiger partial charge in [0.05, 0.1) is 0 Å². The third-order valence-electron chi connectivity index (χ3n) is 10.5. The molecule has 0 saturated heterocycles. The minimum atomic E-state index is 1.11. The van der Waals surface area contributed by atoms with Gasteiger partial charge in [0.2, 0.25) is 0 Å². The Labute approximate surface area is 319 Å². The fourth-order valence-corrected chi connectivity index (χ4v) is 8.87. The van der Waals surface area contributed by atoms with Crippen LogP contribution in [0, 0.1) is 0 Å². The first-order valence-corrected chi connectivity index (χ1v) is 19.2. The van der Waals surface area contributed by atoms with E-state index in [4.69, 9.17) is 0 Å². The van der Waals surface area contributed by atoms with Crippen LogP contribution in [0.5, 0.6) is 0 Å².